The number of benzene rings is 1. The van der Waals surface area contributed by atoms with Gasteiger partial charge in [0.1, 0.15) is 11.6 Å². The lowest BCUT2D eigenvalue weighted by molar-refractivity contribution is 0.229. The first kappa shape index (κ1) is 19.4. The predicted molar refractivity (Wildman–Crippen MR) is 102 cm³/mol. The maximum absolute atomic E-state index is 13.1. The minimum atomic E-state index is -0.225. The number of nitrogens with zero attached hydrogens (tertiary/aromatic N) is 1. The van der Waals surface area contributed by atoms with Crippen molar-refractivity contribution < 1.29 is 9.13 Å². The summed E-state index contributed by atoms with van der Waals surface area (Å²) in [7, 11) is 3.65. The number of hydrogen-bond acceptors (Lipinski definition) is 3. The van der Waals surface area contributed by atoms with E-state index in [0.29, 0.717) is 18.3 Å². The maximum atomic E-state index is 13.1. The molecule has 0 radical (unpaired) electrons. The second kappa shape index (κ2) is 9.52. The Morgan fingerprint density at radius 3 is 2.56 bits per heavy atom. The third-order valence-corrected chi connectivity index (χ3v) is 5.03. The molecule has 1 aliphatic rings. The lowest BCUT2D eigenvalue weighted by Gasteiger charge is -2.34. The Balaban J connectivity index is 2.23. The fourth-order valence-corrected chi connectivity index (χ4v) is 3.31. The first-order valence-electron chi connectivity index (χ1n) is 8.90. The van der Waals surface area contributed by atoms with E-state index in [1.807, 2.05) is 14.0 Å². The fourth-order valence-electron chi connectivity index (χ4n) is 3.31. The lowest BCUT2D eigenvalue weighted by atomic mass is 9.74. The van der Waals surface area contributed by atoms with Crippen LogP contribution in [0.4, 0.5) is 4.39 Å². The number of methoxy groups -OCH3 is 1. The van der Waals surface area contributed by atoms with Crippen molar-refractivity contribution in [3.8, 4) is 0 Å². The van der Waals surface area contributed by atoms with Crippen LogP contribution in [-0.4, -0.2) is 27.4 Å². The smallest absolute Gasteiger partial charge is 0.123 e. The van der Waals surface area contributed by atoms with Crippen LogP contribution in [0.2, 0.25) is 0 Å². The van der Waals surface area contributed by atoms with Gasteiger partial charge in [0, 0.05) is 24.6 Å². The highest BCUT2D eigenvalue weighted by atomic mass is 19.1. The van der Waals surface area contributed by atoms with Gasteiger partial charge < -0.3 is 10.1 Å². The van der Waals surface area contributed by atoms with E-state index in [2.05, 4.69) is 23.1 Å². The van der Waals surface area contributed by atoms with Crippen LogP contribution in [0, 0.1) is 17.7 Å². The Kier molecular flexibility index (Phi) is 7.38. The van der Waals surface area contributed by atoms with Crippen molar-refractivity contribution in [2.24, 2.45) is 16.8 Å². The van der Waals surface area contributed by atoms with Gasteiger partial charge in [-0.3, -0.25) is 4.99 Å². The molecular weight excluding hydrogens is 315 g/mol. The molecule has 0 aromatic heterocycles. The summed E-state index contributed by atoms with van der Waals surface area (Å²) in [6, 6.07) is 6.53. The Bertz CT molecular complexity index is 630. The number of hydrogen-bond donors (Lipinski definition) is 1. The molecule has 0 saturated heterocycles. The molecule has 136 valence electrons. The number of halogens is 1. The van der Waals surface area contributed by atoms with E-state index >= 15 is 0 Å². The normalized spacial score (nSPS) is 17.5. The van der Waals surface area contributed by atoms with Crippen LogP contribution in [0.1, 0.15) is 31.7 Å². The molecule has 1 aliphatic carbocycles. The predicted octanol–water partition coefficient (Wildman–Crippen LogP) is 4.51. The number of rotatable bonds is 9. The molecular formula is C21H29FN2O. The zero-order valence-corrected chi connectivity index (χ0v) is 15.5. The molecule has 1 saturated carbocycles. The molecule has 4 heteroatoms. The van der Waals surface area contributed by atoms with Gasteiger partial charge in [-0.15, -0.1) is 0 Å². The fraction of sp³-hybridized carbons (Fsp3) is 0.476. The molecule has 25 heavy (non-hydrogen) atoms. The van der Waals surface area contributed by atoms with E-state index in [1.165, 1.54) is 31.4 Å². The van der Waals surface area contributed by atoms with Crippen molar-refractivity contribution in [3.63, 3.8) is 0 Å². The second-order valence-corrected chi connectivity index (χ2v) is 6.70. The van der Waals surface area contributed by atoms with Crippen molar-refractivity contribution in [2.45, 2.75) is 32.6 Å². The quantitative estimate of drug-likeness (QED) is 0.406. The molecule has 2 rings (SSSR count). The molecule has 0 heterocycles. The molecule has 1 fully saturated rings. The van der Waals surface area contributed by atoms with Crippen molar-refractivity contribution in [1.82, 2.24) is 5.32 Å². The van der Waals surface area contributed by atoms with Gasteiger partial charge in [0.15, 0.2) is 0 Å². The number of aliphatic imine (C=N–C) groups is 1. The van der Waals surface area contributed by atoms with Crippen LogP contribution in [-0.2, 0) is 11.2 Å². The third-order valence-electron chi connectivity index (χ3n) is 5.03. The number of nitrogens with one attached hydrogen (secondary N) is 1. The molecule has 3 nitrogen and oxygen atoms in total. The van der Waals surface area contributed by atoms with Crippen LogP contribution in [0.3, 0.4) is 0 Å². The lowest BCUT2D eigenvalue weighted by Crippen LogP contribution is -2.31. The summed E-state index contributed by atoms with van der Waals surface area (Å²) in [5.74, 6) is 1.71. The molecule has 0 spiro atoms. The maximum Gasteiger partial charge on any atom is 0.123 e. The first-order valence-corrected chi connectivity index (χ1v) is 8.90. The van der Waals surface area contributed by atoms with Crippen LogP contribution in [0.15, 0.2) is 52.4 Å². The van der Waals surface area contributed by atoms with Crippen molar-refractivity contribution in [1.29, 1.82) is 0 Å². The largest absolute Gasteiger partial charge is 0.500 e. The van der Waals surface area contributed by atoms with Gasteiger partial charge in [-0.05, 0) is 68.8 Å². The van der Waals surface area contributed by atoms with Crippen molar-refractivity contribution in [2.75, 3.05) is 20.7 Å². The van der Waals surface area contributed by atoms with E-state index in [-0.39, 0.29) is 5.82 Å². The van der Waals surface area contributed by atoms with Crippen molar-refractivity contribution >= 4 is 6.72 Å². The topological polar surface area (TPSA) is 33.6 Å². The molecule has 0 bridgehead atoms. The summed E-state index contributed by atoms with van der Waals surface area (Å²) in [5.41, 5.74) is 3.07. The molecule has 0 amide bonds. The minimum Gasteiger partial charge on any atom is -0.500 e. The summed E-state index contributed by atoms with van der Waals surface area (Å²) >= 11 is 0. The summed E-state index contributed by atoms with van der Waals surface area (Å²) in [4.78, 5) is 4.32. The van der Waals surface area contributed by atoms with Crippen LogP contribution >= 0.6 is 0 Å². The highest BCUT2D eigenvalue weighted by Crippen LogP contribution is 2.37. The average Bonchev–Trinajstić information content (AvgIpc) is 2.57. The van der Waals surface area contributed by atoms with Crippen LogP contribution in [0.25, 0.3) is 0 Å². The molecule has 1 N–H and O–H groups in total. The van der Waals surface area contributed by atoms with E-state index in [4.69, 9.17) is 4.74 Å². The highest BCUT2D eigenvalue weighted by molar-refractivity contribution is 5.35. The zero-order valence-electron chi connectivity index (χ0n) is 15.5. The molecule has 1 aromatic carbocycles. The number of allylic oxidation sites excluding steroid dienone is 3. The molecule has 1 atom stereocenters. The van der Waals surface area contributed by atoms with Gasteiger partial charge in [0.05, 0.1) is 7.11 Å². The number of ether oxygens (including phenoxy) is 1. The SMILES string of the molecule is C=N/C(=C\C(C)=C(/Cc1ccc(F)cc1)OC)C(CNC)C1CCC1. The summed E-state index contributed by atoms with van der Waals surface area (Å²) < 4.78 is 18.7. The Labute approximate surface area is 150 Å². The van der Waals surface area contributed by atoms with Gasteiger partial charge in [-0.1, -0.05) is 18.6 Å². The summed E-state index contributed by atoms with van der Waals surface area (Å²) in [6.07, 6.45) is 6.54. The average molecular weight is 344 g/mol. The van der Waals surface area contributed by atoms with E-state index in [9.17, 15) is 4.39 Å². The Morgan fingerprint density at radius 1 is 1.40 bits per heavy atom. The van der Waals surface area contributed by atoms with Gasteiger partial charge in [0.2, 0.25) is 0 Å². The zero-order chi connectivity index (χ0) is 18.2. The van der Waals surface area contributed by atoms with Crippen molar-refractivity contribution in [3.05, 3.63) is 58.8 Å². The van der Waals surface area contributed by atoms with Gasteiger partial charge in [-0.25, -0.2) is 4.39 Å². The van der Waals surface area contributed by atoms with E-state index in [1.54, 1.807) is 19.2 Å². The Morgan fingerprint density at radius 2 is 2.08 bits per heavy atom. The summed E-state index contributed by atoms with van der Waals surface area (Å²) in [5, 5.41) is 3.28. The van der Waals surface area contributed by atoms with Crippen LogP contribution in [0.5, 0.6) is 0 Å². The molecule has 1 aromatic rings. The first-order chi connectivity index (χ1) is 12.1. The Hall–Kier alpha value is -1.94. The molecule has 1 unspecified atom stereocenters. The van der Waals surface area contributed by atoms with Gasteiger partial charge in [-0.2, -0.15) is 0 Å². The van der Waals surface area contributed by atoms with Gasteiger partial charge in [0.25, 0.3) is 0 Å². The summed E-state index contributed by atoms with van der Waals surface area (Å²) in [6.45, 7) is 6.72. The highest BCUT2D eigenvalue weighted by Gasteiger charge is 2.29. The van der Waals surface area contributed by atoms with Crippen LogP contribution < -0.4 is 5.32 Å². The molecule has 0 aliphatic heterocycles. The second-order valence-electron chi connectivity index (χ2n) is 6.70. The third kappa shape index (κ3) is 5.27. The van der Waals surface area contributed by atoms with E-state index < -0.39 is 0 Å². The van der Waals surface area contributed by atoms with Gasteiger partial charge >= 0.3 is 0 Å². The van der Waals surface area contributed by atoms with E-state index in [0.717, 1.165) is 29.1 Å². The monoisotopic (exact) mass is 344 g/mol. The standard InChI is InChI=1S/C21H29FN2O/c1-15(21(25-4)13-16-8-10-18(22)11-9-16)12-20(24-3)19(14-23-2)17-6-5-7-17/h8-12,17,19,23H,3,5-7,13-14H2,1-2,4H3/b20-12-,21-15+. The minimum absolute atomic E-state index is 0.225.